The Morgan fingerprint density at radius 1 is 0.531 bits per heavy atom. The molecule has 0 spiro atoms. The second-order valence-electron chi connectivity index (χ2n) is 6.79. The van der Waals surface area contributed by atoms with Gasteiger partial charge in [0.05, 0.1) is 35.0 Å². The van der Waals surface area contributed by atoms with Crippen molar-refractivity contribution in [3.63, 3.8) is 0 Å². The number of aromatic nitrogens is 4. The van der Waals surface area contributed by atoms with Gasteiger partial charge in [0.25, 0.3) is 0 Å². The molecule has 4 rings (SSSR count). The van der Waals surface area contributed by atoms with Crippen LogP contribution in [-0.2, 0) is 19.8 Å². The second-order valence-corrected chi connectivity index (χ2v) is 6.79. The van der Waals surface area contributed by atoms with Crippen molar-refractivity contribution in [2.75, 3.05) is 0 Å². The van der Waals surface area contributed by atoms with E-state index >= 15 is 0 Å². The molecule has 0 saturated carbocycles. The first-order chi connectivity index (χ1) is 15.1. The summed E-state index contributed by atoms with van der Waals surface area (Å²) in [5, 5.41) is 17.1. The molecule has 0 aromatic carbocycles. The summed E-state index contributed by atoms with van der Waals surface area (Å²) in [6.45, 7) is 3.32. The van der Waals surface area contributed by atoms with Gasteiger partial charge in [-0.1, -0.05) is 24.3 Å². The Balaban J connectivity index is 0.000000246. The molecular weight excluding hydrogens is 579 g/mol. The third-order valence-corrected chi connectivity index (χ3v) is 3.87. The van der Waals surface area contributed by atoms with Crippen LogP contribution in [0.5, 0.6) is 0 Å². The van der Waals surface area contributed by atoms with E-state index in [1.165, 1.54) is 0 Å². The molecule has 0 aliphatic heterocycles. The number of hydrogen-bond acceptors (Lipinski definition) is 6. The summed E-state index contributed by atoms with van der Waals surface area (Å²) in [7, 11) is 0. The number of aliphatic hydroxyl groups is 2. The van der Waals surface area contributed by atoms with E-state index in [9.17, 15) is 0 Å². The molecule has 0 aliphatic carbocycles. The summed E-state index contributed by atoms with van der Waals surface area (Å²) in [5.41, 5.74) is 3.66. The summed E-state index contributed by atoms with van der Waals surface area (Å²) in [5.74, 6) is 0. The number of hydrogen-bond donors (Lipinski definition) is 2. The van der Waals surface area contributed by atoms with Gasteiger partial charge >= 0.3 is 0 Å². The van der Waals surface area contributed by atoms with Crippen LogP contribution < -0.4 is 0 Å². The van der Waals surface area contributed by atoms with Crippen LogP contribution in [-0.4, -0.2) is 42.4 Å². The standard InChI is InChI=1S/2C10H8N2.C5H12O2.Os/c2*1-3-7-11-9(5-1)10-6-2-4-8-12-10;1-4(6)3-5(2)7;/h2*1-8H;4-7H,3H2,1-2H3;. The fourth-order valence-corrected chi connectivity index (χ4v) is 2.55. The van der Waals surface area contributed by atoms with E-state index < -0.39 is 0 Å². The van der Waals surface area contributed by atoms with Gasteiger partial charge in [-0.15, -0.1) is 0 Å². The molecule has 4 heterocycles. The Kier molecular flexibility index (Phi) is 13.5. The van der Waals surface area contributed by atoms with Crippen molar-refractivity contribution in [3.05, 3.63) is 97.6 Å². The Bertz CT molecular complexity index is 802. The molecule has 0 aliphatic rings. The smallest absolute Gasteiger partial charge is 0.0886 e. The largest absolute Gasteiger partial charge is 0.393 e. The first-order valence-electron chi connectivity index (χ1n) is 10.1. The zero-order chi connectivity index (χ0) is 22.3. The van der Waals surface area contributed by atoms with E-state index in [1.807, 2.05) is 72.8 Å². The van der Waals surface area contributed by atoms with E-state index in [-0.39, 0.29) is 32.0 Å². The molecule has 7 heteroatoms. The van der Waals surface area contributed by atoms with Crippen molar-refractivity contribution in [2.45, 2.75) is 32.5 Å². The van der Waals surface area contributed by atoms with Crippen molar-refractivity contribution in [1.82, 2.24) is 19.9 Å². The molecule has 6 nitrogen and oxygen atoms in total. The Morgan fingerprint density at radius 3 is 0.906 bits per heavy atom. The number of pyridine rings is 4. The summed E-state index contributed by atoms with van der Waals surface area (Å²) in [6.07, 6.45) is 6.79. The van der Waals surface area contributed by atoms with Gasteiger partial charge in [-0.3, -0.25) is 19.9 Å². The summed E-state index contributed by atoms with van der Waals surface area (Å²) in [6, 6.07) is 23.2. The Morgan fingerprint density at radius 2 is 0.781 bits per heavy atom. The number of aliphatic hydroxyl groups excluding tert-OH is 2. The van der Waals surface area contributed by atoms with Gasteiger partial charge in [0.2, 0.25) is 0 Å². The van der Waals surface area contributed by atoms with Gasteiger partial charge in [0.1, 0.15) is 0 Å². The SMILES string of the molecule is CC(O)CC(C)O.[Os].c1ccc(-c2ccccn2)nc1.c1ccc(-c2ccccn2)nc1. The van der Waals surface area contributed by atoms with Crippen molar-refractivity contribution in [2.24, 2.45) is 0 Å². The fourth-order valence-electron chi connectivity index (χ4n) is 2.55. The van der Waals surface area contributed by atoms with E-state index in [2.05, 4.69) is 19.9 Å². The Labute approximate surface area is 202 Å². The maximum Gasteiger partial charge on any atom is 0.0886 e. The predicted octanol–water partition coefficient (Wildman–Crippen LogP) is 4.42. The normalized spacial score (nSPS) is 11.4. The van der Waals surface area contributed by atoms with Gasteiger partial charge in [-0.25, -0.2) is 0 Å². The summed E-state index contributed by atoms with van der Waals surface area (Å²) < 4.78 is 0. The average Bonchev–Trinajstić information content (AvgIpc) is 2.81. The van der Waals surface area contributed by atoms with Crippen molar-refractivity contribution < 1.29 is 30.0 Å². The van der Waals surface area contributed by atoms with E-state index in [0.717, 1.165) is 22.8 Å². The van der Waals surface area contributed by atoms with E-state index in [4.69, 9.17) is 10.2 Å². The minimum Gasteiger partial charge on any atom is -0.393 e. The molecule has 0 bridgehead atoms. The first kappa shape index (κ1) is 27.2. The first-order valence-corrected chi connectivity index (χ1v) is 10.1. The zero-order valence-electron chi connectivity index (χ0n) is 18.1. The van der Waals surface area contributed by atoms with Crippen LogP contribution >= 0.6 is 0 Å². The van der Waals surface area contributed by atoms with Gasteiger partial charge < -0.3 is 10.2 Å². The molecule has 2 unspecified atom stereocenters. The molecule has 0 fully saturated rings. The molecule has 0 radical (unpaired) electrons. The van der Waals surface area contributed by atoms with Crippen LogP contribution in [0.1, 0.15) is 20.3 Å². The molecule has 2 atom stereocenters. The van der Waals surface area contributed by atoms with Crippen molar-refractivity contribution in [1.29, 1.82) is 0 Å². The van der Waals surface area contributed by atoms with Crippen molar-refractivity contribution >= 4 is 0 Å². The maximum absolute atomic E-state index is 8.56. The molecule has 4 aromatic rings. The molecule has 0 amide bonds. The summed E-state index contributed by atoms with van der Waals surface area (Å²) in [4.78, 5) is 16.7. The molecular formula is C25H28N4O2Os. The van der Waals surface area contributed by atoms with Crippen LogP contribution in [0.3, 0.4) is 0 Å². The van der Waals surface area contributed by atoms with Crippen LogP contribution in [0.4, 0.5) is 0 Å². The van der Waals surface area contributed by atoms with Gasteiger partial charge in [-0.05, 0) is 68.8 Å². The third-order valence-electron chi connectivity index (χ3n) is 3.87. The van der Waals surface area contributed by atoms with E-state index in [0.29, 0.717) is 6.42 Å². The molecule has 32 heavy (non-hydrogen) atoms. The van der Waals surface area contributed by atoms with Crippen LogP contribution in [0.15, 0.2) is 97.6 Å². The monoisotopic (exact) mass is 608 g/mol. The fraction of sp³-hybridized carbons (Fsp3) is 0.200. The van der Waals surface area contributed by atoms with Gasteiger partial charge in [-0.2, -0.15) is 0 Å². The van der Waals surface area contributed by atoms with Crippen LogP contribution in [0.25, 0.3) is 22.8 Å². The van der Waals surface area contributed by atoms with E-state index in [1.54, 1.807) is 38.6 Å². The number of nitrogens with zero attached hydrogens (tertiary/aromatic N) is 4. The van der Waals surface area contributed by atoms with Gasteiger partial charge in [0, 0.05) is 44.6 Å². The van der Waals surface area contributed by atoms with Crippen LogP contribution in [0, 0.1) is 0 Å². The Hall–Kier alpha value is -2.84. The predicted molar refractivity (Wildman–Crippen MR) is 123 cm³/mol. The number of rotatable bonds is 4. The maximum atomic E-state index is 8.56. The van der Waals surface area contributed by atoms with Crippen molar-refractivity contribution in [3.8, 4) is 22.8 Å². The topological polar surface area (TPSA) is 92.0 Å². The zero-order valence-corrected chi connectivity index (χ0v) is 20.7. The second kappa shape index (κ2) is 15.9. The van der Waals surface area contributed by atoms with Crippen LogP contribution in [0.2, 0.25) is 0 Å². The molecule has 168 valence electrons. The molecule has 0 saturated heterocycles. The molecule has 4 aromatic heterocycles. The minimum atomic E-state index is -0.375. The molecule has 2 N–H and O–H groups in total. The average molecular weight is 607 g/mol. The van der Waals surface area contributed by atoms with Gasteiger partial charge in [0.15, 0.2) is 0 Å². The third kappa shape index (κ3) is 11.0. The quantitative estimate of drug-likeness (QED) is 0.358. The minimum absolute atomic E-state index is 0. The summed E-state index contributed by atoms with van der Waals surface area (Å²) >= 11 is 0.